The van der Waals surface area contributed by atoms with E-state index in [2.05, 4.69) is 10.1 Å². The summed E-state index contributed by atoms with van der Waals surface area (Å²) >= 11 is 0. The Bertz CT molecular complexity index is 1820. The van der Waals surface area contributed by atoms with Gasteiger partial charge in [-0.1, -0.05) is 36.4 Å². The first-order valence-corrected chi connectivity index (χ1v) is 12.6. The number of carboxylic acid groups (broad SMARTS) is 1. The zero-order chi connectivity index (χ0) is 28.4. The molecule has 0 spiro atoms. The SMILES string of the molecule is CN(C)C(=O)Cc1ccc2nc(N)n(Cc3cccc(-c4ccc(=O)n(Cc5cccc(C(=O)O)c5)n4)c3)c2c1.[H-].[Li+]. The fourth-order valence-electron chi connectivity index (χ4n) is 4.50. The van der Waals surface area contributed by atoms with Gasteiger partial charge in [0.25, 0.3) is 5.56 Å². The van der Waals surface area contributed by atoms with Crippen molar-refractivity contribution in [1.82, 2.24) is 24.2 Å². The average Bonchev–Trinajstić information content (AvgIpc) is 3.24. The topological polar surface area (TPSA) is 136 Å². The number of aromatic nitrogens is 4. The second kappa shape index (κ2) is 12.2. The average molecular weight is 545 g/mol. The quantitative estimate of drug-likeness (QED) is 0.270. The van der Waals surface area contributed by atoms with Crippen molar-refractivity contribution in [3.63, 3.8) is 0 Å². The largest absolute Gasteiger partial charge is 1.00 e. The summed E-state index contributed by atoms with van der Waals surface area (Å²) in [7, 11) is 3.46. The van der Waals surface area contributed by atoms with Crippen LogP contribution in [0.1, 0.15) is 28.5 Å². The molecule has 3 N–H and O–H groups in total. The Morgan fingerprint density at radius 3 is 2.39 bits per heavy atom. The molecule has 0 unspecified atom stereocenters. The van der Waals surface area contributed by atoms with Crippen LogP contribution in [0, 0.1) is 0 Å². The van der Waals surface area contributed by atoms with E-state index < -0.39 is 5.97 Å². The first-order chi connectivity index (χ1) is 19.2. The maximum absolute atomic E-state index is 12.5. The van der Waals surface area contributed by atoms with Crippen molar-refractivity contribution in [2.75, 3.05) is 19.8 Å². The van der Waals surface area contributed by atoms with Gasteiger partial charge in [0, 0.05) is 25.7 Å². The number of benzene rings is 3. The number of nitrogens with zero attached hydrogens (tertiary/aromatic N) is 5. The van der Waals surface area contributed by atoms with Crippen LogP contribution >= 0.6 is 0 Å². The summed E-state index contributed by atoms with van der Waals surface area (Å²) in [5.41, 5.74) is 11.6. The Labute approximate surface area is 249 Å². The monoisotopic (exact) mass is 544 g/mol. The molecule has 0 radical (unpaired) electrons. The molecule has 10 nitrogen and oxygen atoms in total. The number of anilines is 1. The van der Waals surface area contributed by atoms with Crippen LogP contribution in [0.3, 0.4) is 0 Å². The second-order valence-corrected chi connectivity index (χ2v) is 9.76. The molecule has 0 atom stereocenters. The van der Waals surface area contributed by atoms with E-state index in [1.807, 2.05) is 47.0 Å². The molecule has 0 fully saturated rings. The van der Waals surface area contributed by atoms with Crippen LogP contribution in [0.4, 0.5) is 5.95 Å². The normalized spacial score (nSPS) is 10.8. The third-order valence-corrected chi connectivity index (χ3v) is 6.63. The number of aromatic carboxylic acids is 1. The number of carbonyl (C=O) groups is 2. The van der Waals surface area contributed by atoms with Gasteiger partial charge in [0.15, 0.2) is 0 Å². The van der Waals surface area contributed by atoms with Crippen LogP contribution in [0.25, 0.3) is 22.3 Å². The Hall–Kier alpha value is -4.65. The van der Waals surface area contributed by atoms with E-state index >= 15 is 0 Å². The van der Waals surface area contributed by atoms with Crippen LogP contribution < -0.4 is 30.2 Å². The number of carbonyl (C=O) groups excluding carboxylic acids is 1. The fraction of sp³-hybridized carbons (Fsp3) is 0.167. The molecule has 0 aliphatic rings. The standard InChI is InChI=1S/C30H28N6O4.Li.H/c1-34(2)28(38)16-19-9-10-25-26(15-19)35(30(31)32-25)17-20-5-3-7-22(13-20)24-11-12-27(37)36(33-24)18-21-6-4-8-23(14-21)29(39)40;;/h3-15H,16-18H2,1-2H3,(H2,31,32)(H,39,40);;/q;+1;-1. The maximum Gasteiger partial charge on any atom is 1.00 e. The Balaban J connectivity index is 0.00000242. The number of nitrogens with two attached hydrogens (primary N) is 1. The second-order valence-electron chi connectivity index (χ2n) is 9.76. The van der Waals surface area contributed by atoms with Crippen molar-refractivity contribution in [2.24, 2.45) is 0 Å². The van der Waals surface area contributed by atoms with Crippen LogP contribution in [0.2, 0.25) is 0 Å². The molecule has 1 amide bonds. The van der Waals surface area contributed by atoms with Crippen molar-refractivity contribution < 1.29 is 35.0 Å². The molecule has 41 heavy (non-hydrogen) atoms. The molecule has 204 valence electrons. The molecule has 0 saturated carbocycles. The molecule has 0 aliphatic carbocycles. The van der Waals surface area contributed by atoms with Gasteiger partial charge in [-0.3, -0.25) is 9.59 Å². The van der Waals surface area contributed by atoms with Gasteiger partial charge in [-0.2, -0.15) is 5.10 Å². The number of fused-ring (bicyclic) bond motifs is 1. The summed E-state index contributed by atoms with van der Waals surface area (Å²) < 4.78 is 3.22. The summed E-state index contributed by atoms with van der Waals surface area (Å²) in [4.78, 5) is 42.1. The van der Waals surface area contributed by atoms with Gasteiger partial charge >= 0.3 is 24.8 Å². The van der Waals surface area contributed by atoms with Crippen molar-refractivity contribution >= 4 is 28.9 Å². The van der Waals surface area contributed by atoms with Gasteiger partial charge in [-0.05, 0) is 53.1 Å². The summed E-state index contributed by atoms with van der Waals surface area (Å²) in [6.07, 6.45) is 0.283. The molecular weight excluding hydrogens is 515 g/mol. The summed E-state index contributed by atoms with van der Waals surface area (Å²) in [6, 6.07) is 23.0. The number of imidazole rings is 1. The minimum Gasteiger partial charge on any atom is -1.00 e. The number of carboxylic acids is 1. The van der Waals surface area contributed by atoms with Gasteiger partial charge in [0.05, 0.1) is 41.8 Å². The van der Waals surface area contributed by atoms with E-state index in [1.54, 1.807) is 37.2 Å². The van der Waals surface area contributed by atoms with E-state index in [0.29, 0.717) is 23.8 Å². The molecule has 2 aromatic heterocycles. The van der Waals surface area contributed by atoms with Crippen LogP contribution in [-0.4, -0.2) is 55.3 Å². The summed E-state index contributed by atoms with van der Waals surface area (Å²) in [5, 5.41) is 13.8. The maximum atomic E-state index is 12.5. The molecule has 3 aromatic carbocycles. The van der Waals surface area contributed by atoms with Gasteiger partial charge in [0.1, 0.15) is 0 Å². The van der Waals surface area contributed by atoms with Crippen molar-refractivity contribution in [1.29, 1.82) is 0 Å². The van der Waals surface area contributed by atoms with Crippen LogP contribution in [0.5, 0.6) is 0 Å². The molecule has 11 heteroatoms. The van der Waals surface area contributed by atoms with Crippen molar-refractivity contribution in [3.8, 4) is 11.3 Å². The number of likely N-dealkylation sites (N-methyl/N-ethyl adjacent to an activating group) is 1. The van der Waals surface area contributed by atoms with Crippen LogP contribution in [0.15, 0.2) is 83.7 Å². The van der Waals surface area contributed by atoms with E-state index in [1.165, 1.54) is 22.9 Å². The van der Waals surface area contributed by atoms with Gasteiger partial charge in [-0.25, -0.2) is 14.5 Å². The van der Waals surface area contributed by atoms with Crippen molar-refractivity contribution in [3.05, 3.63) is 111 Å². The molecular formula is C30H29LiN6O4. The van der Waals surface area contributed by atoms with E-state index in [9.17, 15) is 19.5 Å². The molecule has 0 bridgehead atoms. The third-order valence-electron chi connectivity index (χ3n) is 6.63. The number of amides is 1. The van der Waals surface area contributed by atoms with Gasteiger partial charge < -0.3 is 21.7 Å². The predicted molar refractivity (Wildman–Crippen MR) is 153 cm³/mol. The number of hydrogen-bond acceptors (Lipinski definition) is 6. The van der Waals surface area contributed by atoms with E-state index in [0.717, 1.165) is 27.7 Å². The first-order valence-electron chi connectivity index (χ1n) is 12.6. The van der Waals surface area contributed by atoms with Crippen LogP contribution in [-0.2, 0) is 24.3 Å². The molecule has 5 aromatic rings. The zero-order valence-corrected chi connectivity index (χ0v) is 23.1. The smallest absolute Gasteiger partial charge is 1.00 e. The summed E-state index contributed by atoms with van der Waals surface area (Å²) in [6.45, 7) is 0.590. The van der Waals surface area contributed by atoms with Gasteiger partial charge in [0.2, 0.25) is 11.9 Å². The first kappa shape index (κ1) is 29.3. The number of rotatable bonds is 8. The number of nitrogen functional groups attached to an aromatic ring is 1. The predicted octanol–water partition coefficient (Wildman–Crippen LogP) is 0.384. The third kappa shape index (κ3) is 6.57. The minimum atomic E-state index is -1.03. The van der Waals surface area contributed by atoms with E-state index in [4.69, 9.17) is 5.73 Å². The Morgan fingerprint density at radius 1 is 0.927 bits per heavy atom. The molecule has 5 rings (SSSR count). The molecule has 0 saturated heterocycles. The Kier molecular flexibility index (Phi) is 8.76. The summed E-state index contributed by atoms with van der Waals surface area (Å²) in [5.74, 6) is -0.654. The number of hydrogen-bond donors (Lipinski definition) is 2. The Morgan fingerprint density at radius 2 is 1.66 bits per heavy atom. The van der Waals surface area contributed by atoms with Crippen molar-refractivity contribution in [2.45, 2.75) is 19.5 Å². The van der Waals surface area contributed by atoms with E-state index in [-0.39, 0.29) is 50.3 Å². The molecule has 2 heterocycles. The fourth-order valence-corrected chi connectivity index (χ4v) is 4.50. The molecule has 0 aliphatic heterocycles. The minimum absolute atomic E-state index is 0. The zero-order valence-electron chi connectivity index (χ0n) is 24.1. The van der Waals surface area contributed by atoms with Gasteiger partial charge in [-0.15, -0.1) is 0 Å².